The van der Waals surface area contributed by atoms with Gasteiger partial charge in [-0.2, -0.15) is 0 Å². The predicted octanol–water partition coefficient (Wildman–Crippen LogP) is 3.15. The quantitative estimate of drug-likeness (QED) is 0.521. The van der Waals surface area contributed by atoms with E-state index < -0.39 is 5.97 Å². The highest BCUT2D eigenvalue weighted by molar-refractivity contribution is 7.98. The van der Waals surface area contributed by atoms with Crippen LogP contribution in [0.4, 0.5) is 5.69 Å². The SMILES string of the molecule is COC(=O)c1ccccc1NC(=O)c1cccc(CSc2nncn2C)c1. The zero-order valence-corrected chi connectivity index (χ0v) is 15.7. The molecule has 0 unspecified atom stereocenters. The van der Waals surface area contributed by atoms with Gasteiger partial charge in [0.2, 0.25) is 0 Å². The van der Waals surface area contributed by atoms with Crippen LogP contribution in [0.25, 0.3) is 0 Å². The van der Waals surface area contributed by atoms with Gasteiger partial charge in [0.1, 0.15) is 6.33 Å². The molecule has 0 aliphatic carbocycles. The molecule has 1 amide bonds. The predicted molar refractivity (Wildman–Crippen MR) is 103 cm³/mol. The van der Waals surface area contributed by atoms with Crippen molar-refractivity contribution in [3.63, 3.8) is 0 Å². The Kier molecular flexibility index (Phi) is 5.87. The second kappa shape index (κ2) is 8.50. The first-order valence-corrected chi connectivity index (χ1v) is 9.11. The summed E-state index contributed by atoms with van der Waals surface area (Å²) in [5.74, 6) is -0.136. The maximum atomic E-state index is 12.6. The first kappa shape index (κ1) is 18.7. The molecule has 0 saturated heterocycles. The number of aromatic nitrogens is 3. The van der Waals surface area contributed by atoms with E-state index in [1.54, 1.807) is 36.7 Å². The van der Waals surface area contributed by atoms with E-state index in [1.807, 2.05) is 29.8 Å². The molecule has 0 bridgehead atoms. The number of amides is 1. The van der Waals surface area contributed by atoms with Gasteiger partial charge in [0.25, 0.3) is 5.91 Å². The van der Waals surface area contributed by atoms with Crippen LogP contribution in [-0.2, 0) is 17.5 Å². The second-order valence-corrected chi connectivity index (χ2v) is 6.65. The lowest BCUT2D eigenvalue weighted by Gasteiger charge is -2.10. The van der Waals surface area contributed by atoms with Gasteiger partial charge in [-0.1, -0.05) is 36.0 Å². The van der Waals surface area contributed by atoms with E-state index in [0.29, 0.717) is 22.6 Å². The summed E-state index contributed by atoms with van der Waals surface area (Å²) in [4.78, 5) is 24.5. The number of anilines is 1. The number of thioether (sulfide) groups is 1. The van der Waals surface area contributed by atoms with Crippen LogP contribution in [0.15, 0.2) is 60.0 Å². The van der Waals surface area contributed by atoms with Crippen molar-refractivity contribution in [1.29, 1.82) is 0 Å². The van der Waals surface area contributed by atoms with Gasteiger partial charge in [-0.05, 0) is 29.8 Å². The molecule has 0 aliphatic rings. The Morgan fingerprint density at radius 3 is 2.74 bits per heavy atom. The molecule has 0 saturated carbocycles. The van der Waals surface area contributed by atoms with Gasteiger partial charge in [-0.15, -0.1) is 10.2 Å². The Morgan fingerprint density at radius 2 is 2.00 bits per heavy atom. The zero-order chi connectivity index (χ0) is 19.2. The van der Waals surface area contributed by atoms with Crippen molar-refractivity contribution >= 4 is 29.3 Å². The Hall–Kier alpha value is -3.13. The average molecular weight is 382 g/mol. The molecular weight excluding hydrogens is 364 g/mol. The lowest BCUT2D eigenvalue weighted by Crippen LogP contribution is -2.15. The van der Waals surface area contributed by atoms with Crippen LogP contribution < -0.4 is 5.32 Å². The van der Waals surface area contributed by atoms with Gasteiger partial charge in [0.15, 0.2) is 5.16 Å². The van der Waals surface area contributed by atoms with E-state index in [2.05, 4.69) is 15.5 Å². The minimum absolute atomic E-state index is 0.295. The number of para-hydroxylation sites is 1. The Morgan fingerprint density at radius 1 is 1.19 bits per heavy atom. The van der Waals surface area contributed by atoms with Crippen LogP contribution in [0.2, 0.25) is 0 Å². The van der Waals surface area contributed by atoms with E-state index in [-0.39, 0.29) is 5.91 Å². The summed E-state index contributed by atoms with van der Waals surface area (Å²) in [5, 5.41) is 11.5. The van der Waals surface area contributed by atoms with Crippen molar-refractivity contribution < 1.29 is 14.3 Å². The third-order valence-corrected chi connectivity index (χ3v) is 4.91. The number of hydrogen-bond acceptors (Lipinski definition) is 6. The molecule has 138 valence electrons. The molecule has 0 aliphatic heterocycles. The third kappa shape index (κ3) is 4.53. The summed E-state index contributed by atoms with van der Waals surface area (Å²) in [6.45, 7) is 0. The molecule has 0 atom stereocenters. The monoisotopic (exact) mass is 382 g/mol. The summed E-state index contributed by atoms with van der Waals surface area (Å²) in [7, 11) is 3.18. The van der Waals surface area contributed by atoms with Crippen LogP contribution in [0.1, 0.15) is 26.3 Å². The molecule has 8 heteroatoms. The van der Waals surface area contributed by atoms with Gasteiger partial charge >= 0.3 is 5.97 Å². The lowest BCUT2D eigenvalue weighted by molar-refractivity contribution is 0.0602. The Labute approximate surface area is 160 Å². The maximum absolute atomic E-state index is 12.6. The molecule has 2 aromatic carbocycles. The molecule has 3 aromatic rings. The molecule has 0 radical (unpaired) electrons. The zero-order valence-electron chi connectivity index (χ0n) is 14.9. The molecule has 7 nitrogen and oxygen atoms in total. The molecular formula is C19H18N4O3S. The molecule has 1 N–H and O–H groups in total. The van der Waals surface area contributed by atoms with E-state index in [9.17, 15) is 9.59 Å². The minimum Gasteiger partial charge on any atom is -0.465 e. The first-order valence-electron chi connectivity index (χ1n) is 8.13. The lowest BCUT2D eigenvalue weighted by atomic mass is 10.1. The number of hydrogen-bond donors (Lipinski definition) is 1. The molecule has 27 heavy (non-hydrogen) atoms. The number of aryl methyl sites for hydroxylation is 1. The van der Waals surface area contributed by atoms with Gasteiger partial charge in [0, 0.05) is 18.4 Å². The second-order valence-electron chi connectivity index (χ2n) is 5.70. The van der Waals surface area contributed by atoms with E-state index >= 15 is 0 Å². The molecule has 0 fully saturated rings. The Bertz CT molecular complexity index is 971. The highest BCUT2D eigenvalue weighted by Crippen LogP contribution is 2.21. The summed E-state index contributed by atoms with van der Waals surface area (Å²) < 4.78 is 6.59. The number of rotatable bonds is 6. The number of benzene rings is 2. The average Bonchev–Trinajstić information content (AvgIpc) is 3.11. The number of carbonyl (C=O) groups is 2. The van der Waals surface area contributed by atoms with E-state index in [0.717, 1.165) is 10.7 Å². The highest BCUT2D eigenvalue weighted by Gasteiger charge is 2.14. The van der Waals surface area contributed by atoms with Crippen molar-refractivity contribution in [2.45, 2.75) is 10.9 Å². The molecule has 1 heterocycles. The van der Waals surface area contributed by atoms with E-state index in [1.165, 1.54) is 18.9 Å². The normalized spacial score (nSPS) is 10.4. The van der Waals surface area contributed by atoms with Gasteiger partial charge < -0.3 is 14.6 Å². The number of nitrogens with zero attached hydrogens (tertiary/aromatic N) is 3. The standard InChI is InChI=1S/C19H18N4O3S/c1-23-12-20-22-19(23)27-11-13-6-5-7-14(10-13)17(24)21-16-9-4-3-8-15(16)18(25)26-2/h3-10,12H,11H2,1-2H3,(H,21,24). The molecule has 1 aromatic heterocycles. The third-order valence-electron chi connectivity index (χ3n) is 3.81. The topological polar surface area (TPSA) is 86.1 Å². The number of esters is 1. The number of methoxy groups -OCH3 is 1. The molecule has 3 rings (SSSR count). The van der Waals surface area contributed by atoms with Crippen LogP contribution in [0.3, 0.4) is 0 Å². The number of ether oxygens (including phenoxy) is 1. The van der Waals surface area contributed by atoms with Crippen molar-refractivity contribution in [3.8, 4) is 0 Å². The van der Waals surface area contributed by atoms with Crippen LogP contribution in [0, 0.1) is 0 Å². The highest BCUT2D eigenvalue weighted by atomic mass is 32.2. The minimum atomic E-state index is -0.500. The van der Waals surface area contributed by atoms with Gasteiger partial charge in [-0.3, -0.25) is 4.79 Å². The number of nitrogens with one attached hydrogen (secondary N) is 1. The Balaban J connectivity index is 1.72. The van der Waals surface area contributed by atoms with Crippen molar-refractivity contribution in [1.82, 2.24) is 14.8 Å². The largest absolute Gasteiger partial charge is 0.465 e. The summed E-state index contributed by atoms with van der Waals surface area (Å²) in [5.41, 5.74) is 2.21. The summed E-state index contributed by atoms with van der Waals surface area (Å²) in [6.07, 6.45) is 1.64. The van der Waals surface area contributed by atoms with E-state index in [4.69, 9.17) is 4.74 Å². The van der Waals surface area contributed by atoms with Crippen molar-refractivity contribution in [2.75, 3.05) is 12.4 Å². The van der Waals surface area contributed by atoms with Crippen molar-refractivity contribution in [2.24, 2.45) is 7.05 Å². The van der Waals surface area contributed by atoms with Gasteiger partial charge in [-0.25, -0.2) is 4.79 Å². The first-order chi connectivity index (χ1) is 13.1. The maximum Gasteiger partial charge on any atom is 0.339 e. The summed E-state index contributed by atoms with van der Waals surface area (Å²) in [6, 6.07) is 14.1. The van der Waals surface area contributed by atoms with Crippen LogP contribution in [-0.4, -0.2) is 33.8 Å². The summed E-state index contributed by atoms with van der Waals surface area (Å²) >= 11 is 1.54. The van der Waals surface area contributed by atoms with Gasteiger partial charge in [0.05, 0.1) is 18.4 Å². The fourth-order valence-corrected chi connectivity index (χ4v) is 3.26. The number of carbonyl (C=O) groups excluding carboxylic acids is 2. The van der Waals surface area contributed by atoms with Crippen LogP contribution in [0.5, 0.6) is 0 Å². The van der Waals surface area contributed by atoms with Crippen molar-refractivity contribution in [3.05, 3.63) is 71.5 Å². The fourth-order valence-electron chi connectivity index (χ4n) is 2.43. The fraction of sp³-hybridized carbons (Fsp3) is 0.158. The smallest absolute Gasteiger partial charge is 0.339 e. The van der Waals surface area contributed by atoms with Crippen LogP contribution >= 0.6 is 11.8 Å². The molecule has 0 spiro atoms.